The van der Waals surface area contributed by atoms with Crippen molar-refractivity contribution in [2.75, 3.05) is 12.2 Å². The number of hydrogen-bond donors (Lipinski definition) is 0. The van der Waals surface area contributed by atoms with Crippen molar-refractivity contribution in [3.63, 3.8) is 0 Å². The van der Waals surface area contributed by atoms with Gasteiger partial charge >= 0.3 is 5.97 Å². The normalized spacial score (nSPS) is 19.7. The molecule has 1 aliphatic rings. The summed E-state index contributed by atoms with van der Waals surface area (Å²) in [6, 6.07) is 16.0. The van der Waals surface area contributed by atoms with Crippen molar-refractivity contribution in [1.29, 1.82) is 0 Å². The third kappa shape index (κ3) is 2.74. The highest BCUT2D eigenvalue weighted by atomic mass is 16.7. The van der Waals surface area contributed by atoms with Crippen molar-refractivity contribution < 1.29 is 18.8 Å². The minimum Gasteiger partial charge on any atom is -0.467 e. The molecule has 6 nitrogen and oxygen atoms in total. The molecule has 1 aromatic heterocycles. The molecule has 1 saturated heterocycles. The van der Waals surface area contributed by atoms with Crippen molar-refractivity contribution >= 4 is 22.6 Å². The molecule has 1 aliphatic heterocycles. The Kier molecular flexibility index (Phi) is 4.18. The maximum Gasteiger partial charge on any atom is 0.337 e. The first-order chi connectivity index (χ1) is 12.7. The summed E-state index contributed by atoms with van der Waals surface area (Å²) in [7, 11) is 1.32. The molecule has 132 valence electrons. The standard InChI is InChI=1S/C20H17NO5/c1-24-20(23)18-11-16(21(26-18)13-7-3-2-4-8-13)15-12-25-17-10-6-5-9-14(17)19(15)22/h2-10,12,16,18H,11H2,1H3/t16-,18-/m0/s1. The summed E-state index contributed by atoms with van der Waals surface area (Å²) in [6.07, 6.45) is 0.968. The van der Waals surface area contributed by atoms with Gasteiger partial charge in [-0.15, -0.1) is 0 Å². The number of para-hydroxylation sites is 2. The smallest absolute Gasteiger partial charge is 0.337 e. The zero-order chi connectivity index (χ0) is 18.1. The molecule has 2 atom stereocenters. The summed E-state index contributed by atoms with van der Waals surface area (Å²) in [5.41, 5.74) is 1.58. The first-order valence-corrected chi connectivity index (χ1v) is 8.28. The highest BCUT2D eigenvalue weighted by Gasteiger charge is 2.41. The third-order valence-electron chi connectivity index (χ3n) is 4.50. The van der Waals surface area contributed by atoms with Crippen molar-refractivity contribution in [2.24, 2.45) is 0 Å². The van der Waals surface area contributed by atoms with Crippen LogP contribution in [0.1, 0.15) is 18.0 Å². The fourth-order valence-corrected chi connectivity index (χ4v) is 3.21. The Morgan fingerprint density at radius 3 is 2.62 bits per heavy atom. The van der Waals surface area contributed by atoms with Crippen LogP contribution in [-0.4, -0.2) is 19.2 Å². The van der Waals surface area contributed by atoms with Gasteiger partial charge < -0.3 is 9.15 Å². The van der Waals surface area contributed by atoms with E-state index in [-0.39, 0.29) is 5.43 Å². The van der Waals surface area contributed by atoms with E-state index in [4.69, 9.17) is 14.0 Å². The van der Waals surface area contributed by atoms with E-state index in [1.807, 2.05) is 36.4 Å². The van der Waals surface area contributed by atoms with Gasteiger partial charge in [-0.25, -0.2) is 9.86 Å². The van der Waals surface area contributed by atoms with Crippen LogP contribution in [0.2, 0.25) is 0 Å². The minimum absolute atomic E-state index is 0.133. The molecule has 0 N–H and O–H groups in total. The largest absolute Gasteiger partial charge is 0.467 e. The van der Waals surface area contributed by atoms with Crippen LogP contribution in [0.15, 0.2) is 70.1 Å². The molecule has 0 saturated carbocycles. The molecule has 0 amide bonds. The molecular formula is C20H17NO5. The van der Waals surface area contributed by atoms with Gasteiger partial charge in [0.15, 0.2) is 11.5 Å². The molecule has 0 spiro atoms. The fourth-order valence-electron chi connectivity index (χ4n) is 3.21. The summed E-state index contributed by atoms with van der Waals surface area (Å²) < 4.78 is 10.5. The third-order valence-corrected chi connectivity index (χ3v) is 4.50. The first kappa shape index (κ1) is 16.4. The average Bonchev–Trinajstić information content (AvgIpc) is 3.14. The van der Waals surface area contributed by atoms with E-state index < -0.39 is 18.1 Å². The molecule has 26 heavy (non-hydrogen) atoms. The molecule has 1 fully saturated rings. The van der Waals surface area contributed by atoms with Gasteiger partial charge in [0.2, 0.25) is 0 Å². The van der Waals surface area contributed by atoms with Gasteiger partial charge in [0.25, 0.3) is 0 Å². The summed E-state index contributed by atoms with van der Waals surface area (Å²) >= 11 is 0. The molecule has 0 aliphatic carbocycles. The number of hydroxylamine groups is 1. The quantitative estimate of drug-likeness (QED) is 0.675. The second kappa shape index (κ2) is 6.65. The molecule has 0 radical (unpaired) electrons. The average molecular weight is 351 g/mol. The first-order valence-electron chi connectivity index (χ1n) is 8.28. The Labute approximate surface area is 149 Å². The highest BCUT2D eigenvalue weighted by Crippen LogP contribution is 2.37. The lowest BCUT2D eigenvalue weighted by Gasteiger charge is -2.24. The zero-order valence-electron chi connectivity index (χ0n) is 14.1. The van der Waals surface area contributed by atoms with Gasteiger partial charge in [0.1, 0.15) is 11.8 Å². The Morgan fingerprint density at radius 2 is 1.85 bits per heavy atom. The maximum absolute atomic E-state index is 13.0. The number of fused-ring (bicyclic) bond motifs is 1. The number of hydrogen-bond acceptors (Lipinski definition) is 6. The van der Waals surface area contributed by atoms with E-state index in [0.717, 1.165) is 5.69 Å². The molecule has 4 rings (SSSR count). The topological polar surface area (TPSA) is 69.0 Å². The maximum atomic E-state index is 13.0. The van der Waals surface area contributed by atoms with Gasteiger partial charge in [0.05, 0.1) is 29.8 Å². The number of carbonyl (C=O) groups excluding carboxylic acids is 1. The summed E-state index contributed by atoms with van der Waals surface area (Å²) in [6.45, 7) is 0. The minimum atomic E-state index is -0.781. The van der Waals surface area contributed by atoms with E-state index in [1.165, 1.54) is 13.4 Å². The number of nitrogens with zero attached hydrogens (tertiary/aromatic N) is 1. The van der Waals surface area contributed by atoms with Gasteiger partial charge in [0, 0.05) is 6.42 Å². The van der Waals surface area contributed by atoms with Crippen molar-refractivity contribution in [1.82, 2.24) is 0 Å². The van der Waals surface area contributed by atoms with Crippen LogP contribution in [-0.2, 0) is 14.4 Å². The monoisotopic (exact) mass is 351 g/mol. The van der Waals surface area contributed by atoms with Crippen LogP contribution in [0.4, 0.5) is 5.69 Å². The van der Waals surface area contributed by atoms with Gasteiger partial charge in [-0.3, -0.25) is 9.63 Å². The van der Waals surface area contributed by atoms with Crippen molar-refractivity contribution in [3.8, 4) is 0 Å². The molecule has 2 heterocycles. The lowest BCUT2D eigenvalue weighted by molar-refractivity contribution is -0.151. The van der Waals surface area contributed by atoms with E-state index in [2.05, 4.69) is 0 Å². The number of anilines is 1. The van der Waals surface area contributed by atoms with Gasteiger partial charge in [-0.05, 0) is 24.3 Å². The number of ether oxygens (including phenoxy) is 1. The number of methoxy groups -OCH3 is 1. The second-order valence-electron chi connectivity index (χ2n) is 6.05. The van der Waals surface area contributed by atoms with Crippen molar-refractivity contribution in [3.05, 3.63) is 76.6 Å². The molecule has 2 aromatic carbocycles. The highest BCUT2D eigenvalue weighted by molar-refractivity contribution is 5.78. The SMILES string of the molecule is COC(=O)[C@@H]1C[C@@H](c2coc3ccccc3c2=O)N(c2ccccc2)O1. The van der Waals surface area contributed by atoms with Crippen LogP contribution in [0.25, 0.3) is 11.0 Å². The van der Waals surface area contributed by atoms with Crippen LogP contribution in [0.3, 0.4) is 0 Å². The molecule has 6 heteroatoms. The van der Waals surface area contributed by atoms with Gasteiger partial charge in [-0.1, -0.05) is 30.3 Å². The van der Waals surface area contributed by atoms with Crippen LogP contribution in [0, 0.1) is 0 Å². The van der Waals surface area contributed by atoms with E-state index in [0.29, 0.717) is 23.0 Å². The summed E-state index contributed by atoms with van der Waals surface area (Å²) in [5.74, 6) is -0.474. The zero-order valence-corrected chi connectivity index (χ0v) is 14.1. The lowest BCUT2D eigenvalue weighted by atomic mass is 10.0. The second-order valence-corrected chi connectivity index (χ2v) is 6.05. The van der Waals surface area contributed by atoms with Crippen LogP contribution in [0.5, 0.6) is 0 Å². The Bertz CT molecular complexity index is 998. The Morgan fingerprint density at radius 1 is 1.12 bits per heavy atom. The fraction of sp³-hybridized carbons (Fsp3) is 0.200. The predicted octanol–water partition coefficient (Wildman–Crippen LogP) is 3.22. The van der Waals surface area contributed by atoms with Gasteiger partial charge in [-0.2, -0.15) is 0 Å². The number of carbonyl (C=O) groups is 1. The van der Waals surface area contributed by atoms with Crippen LogP contribution >= 0.6 is 0 Å². The van der Waals surface area contributed by atoms with E-state index in [1.54, 1.807) is 23.3 Å². The molecular weight excluding hydrogens is 334 g/mol. The van der Waals surface area contributed by atoms with Crippen molar-refractivity contribution in [2.45, 2.75) is 18.6 Å². The number of rotatable bonds is 3. The van der Waals surface area contributed by atoms with E-state index in [9.17, 15) is 9.59 Å². The number of esters is 1. The summed E-state index contributed by atoms with van der Waals surface area (Å²) in [4.78, 5) is 30.8. The predicted molar refractivity (Wildman–Crippen MR) is 95.7 cm³/mol. The Hall–Kier alpha value is -3.12. The summed E-state index contributed by atoms with van der Waals surface area (Å²) in [5, 5.41) is 2.09. The lowest BCUT2D eigenvalue weighted by Crippen LogP contribution is -2.27. The van der Waals surface area contributed by atoms with Crippen LogP contribution < -0.4 is 10.5 Å². The Balaban J connectivity index is 1.80. The van der Waals surface area contributed by atoms with E-state index >= 15 is 0 Å². The molecule has 3 aromatic rings. The number of benzene rings is 2. The molecule has 0 unspecified atom stereocenters. The molecule has 0 bridgehead atoms.